The van der Waals surface area contributed by atoms with E-state index in [9.17, 15) is 22.7 Å². The number of anilines is 1. The number of nitrogens with zero attached hydrogens (tertiary/aromatic N) is 2. The number of nitrogens with one attached hydrogen (secondary N) is 1. The van der Waals surface area contributed by atoms with Gasteiger partial charge in [-0.3, -0.25) is 4.79 Å². The van der Waals surface area contributed by atoms with Gasteiger partial charge in [-0.15, -0.1) is 0 Å². The second-order valence-electron chi connectivity index (χ2n) is 8.35. The van der Waals surface area contributed by atoms with Crippen molar-refractivity contribution in [3.8, 4) is 28.6 Å². The van der Waals surface area contributed by atoms with Gasteiger partial charge >= 0.3 is 0 Å². The topological polar surface area (TPSA) is 144 Å². The third kappa shape index (κ3) is 5.36. The summed E-state index contributed by atoms with van der Waals surface area (Å²) in [5, 5.41) is 9.76. The standard InChI is InChI=1S/C26H23FN4O5S.H2/c1-14-12-15(2)24(16(3)13-14)36-26-18(10-11-20(29-26)17-6-4-7-19(27)23(17)32)25(33)31-37(34,35)22-9-5-8-21(28)30-22;/h4-13,32H,1-3H3,(H2,28,30)(H,31,33);1H. The van der Waals surface area contributed by atoms with E-state index in [1.807, 2.05) is 37.6 Å². The van der Waals surface area contributed by atoms with Crippen LogP contribution in [0.15, 0.2) is 65.7 Å². The summed E-state index contributed by atoms with van der Waals surface area (Å²) in [7, 11) is -4.38. The van der Waals surface area contributed by atoms with Crippen LogP contribution in [0.3, 0.4) is 0 Å². The van der Waals surface area contributed by atoms with Gasteiger partial charge in [0.2, 0.25) is 5.88 Å². The average molecular weight is 525 g/mol. The fourth-order valence-corrected chi connectivity index (χ4v) is 4.74. The highest BCUT2D eigenvalue weighted by molar-refractivity contribution is 7.90. The summed E-state index contributed by atoms with van der Waals surface area (Å²) in [6.07, 6.45) is 0. The van der Waals surface area contributed by atoms with Crippen LogP contribution >= 0.6 is 0 Å². The van der Waals surface area contributed by atoms with Crippen molar-refractivity contribution in [1.82, 2.24) is 14.7 Å². The number of nitrogen functional groups attached to an aromatic ring is 1. The Bertz CT molecular complexity index is 1620. The zero-order valence-corrected chi connectivity index (χ0v) is 20.9. The summed E-state index contributed by atoms with van der Waals surface area (Å²) in [4.78, 5) is 21.2. The van der Waals surface area contributed by atoms with Gasteiger partial charge in [-0.2, -0.15) is 8.42 Å². The lowest BCUT2D eigenvalue weighted by atomic mass is 10.1. The molecule has 0 aliphatic rings. The number of phenolic OH excluding ortho intramolecular Hbond substituents is 1. The molecular formula is C26H25FN4O5S. The van der Waals surface area contributed by atoms with E-state index in [0.29, 0.717) is 5.75 Å². The molecule has 0 aliphatic carbocycles. The summed E-state index contributed by atoms with van der Waals surface area (Å²) in [6.45, 7) is 5.55. The van der Waals surface area contributed by atoms with Gasteiger partial charge in [0, 0.05) is 6.99 Å². The molecule has 0 unspecified atom stereocenters. The maximum Gasteiger partial charge on any atom is 0.281 e. The number of sulfonamides is 1. The highest BCUT2D eigenvalue weighted by Crippen LogP contribution is 2.35. The third-order valence-corrected chi connectivity index (χ3v) is 6.65. The molecule has 0 aliphatic heterocycles. The first-order valence-electron chi connectivity index (χ1n) is 11.0. The number of carbonyl (C=O) groups is 1. The SMILES string of the molecule is Cc1cc(C)c(Oc2nc(-c3cccc(F)c3O)ccc2C(=O)NS(=O)(=O)c2cccc(N)n2)c(C)c1.[HH]. The van der Waals surface area contributed by atoms with Crippen LogP contribution in [0.5, 0.6) is 17.4 Å². The quantitative estimate of drug-likeness (QED) is 0.330. The number of hydrogen-bond acceptors (Lipinski definition) is 8. The number of aryl methyl sites for hydroxylation is 3. The van der Waals surface area contributed by atoms with Gasteiger partial charge in [0.25, 0.3) is 15.9 Å². The fourth-order valence-electron chi connectivity index (χ4n) is 3.80. The van der Waals surface area contributed by atoms with Crippen molar-refractivity contribution < 1.29 is 28.9 Å². The predicted octanol–water partition coefficient (Wildman–Crippen LogP) is 4.65. The molecule has 4 rings (SSSR count). The van der Waals surface area contributed by atoms with Crippen LogP contribution in [-0.4, -0.2) is 29.4 Å². The molecule has 2 aromatic carbocycles. The average Bonchev–Trinajstić information content (AvgIpc) is 2.82. The molecule has 11 heteroatoms. The number of hydrogen-bond donors (Lipinski definition) is 3. The van der Waals surface area contributed by atoms with Crippen molar-refractivity contribution in [3.63, 3.8) is 0 Å². The molecule has 2 aromatic heterocycles. The molecule has 0 bridgehead atoms. The molecule has 0 radical (unpaired) electrons. The predicted molar refractivity (Wildman–Crippen MR) is 137 cm³/mol. The van der Waals surface area contributed by atoms with Gasteiger partial charge < -0.3 is 15.6 Å². The number of para-hydroxylation sites is 1. The number of amides is 1. The number of phenols is 1. The molecular weight excluding hydrogens is 499 g/mol. The number of benzene rings is 2. The van der Waals surface area contributed by atoms with Crippen molar-refractivity contribution in [2.75, 3.05) is 5.73 Å². The lowest BCUT2D eigenvalue weighted by Crippen LogP contribution is -2.31. The molecule has 4 N–H and O–H groups in total. The minimum absolute atomic E-state index is 0. The molecule has 0 spiro atoms. The molecule has 0 fully saturated rings. The number of aromatic hydroxyl groups is 1. The highest BCUT2D eigenvalue weighted by Gasteiger charge is 2.25. The molecule has 9 nitrogen and oxygen atoms in total. The van der Waals surface area contributed by atoms with E-state index in [-0.39, 0.29) is 29.9 Å². The zero-order chi connectivity index (χ0) is 26.9. The third-order valence-electron chi connectivity index (χ3n) is 5.42. The number of carbonyl (C=O) groups excluding carboxylic acids is 1. The molecule has 37 heavy (non-hydrogen) atoms. The Morgan fingerprint density at radius 2 is 1.70 bits per heavy atom. The lowest BCUT2D eigenvalue weighted by molar-refractivity contribution is 0.0978. The van der Waals surface area contributed by atoms with Crippen molar-refractivity contribution >= 4 is 21.7 Å². The number of aromatic nitrogens is 2. The van der Waals surface area contributed by atoms with Crippen molar-refractivity contribution in [1.29, 1.82) is 0 Å². The van der Waals surface area contributed by atoms with Gasteiger partial charge in [-0.1, -0.05) is 29.8 Å². The first-order valence-corrected chi connectivity index (χ1v) is 12.5. The molecule has 0 saturated heterocycles. The Labute approximate surface area is 214 Å². The first-order chi connectivity index (χ1) is 17.5. The van der Waals surface area contributed by atoms with Crippen molar-refractivity contribution in [2.45, 2.75) is 25.8 Å². The van der Waals surface area contributed by atoms with Gasteiger partial charge in [-0.05, 0) is 68.3 Å². The molecule has 192 valence electrons. The molecule has 0 atom stereocenters. The van der Waals surface area contributed by atoms with E-state index in [1.54, 1.807) is 0 Å². The minimum Gasteiger partial charge on any atom is -0.504 e. The van der Waals surface area contributed by atoms with Crippen LogP contribution in [0.1, 0.15) is 28.5 Å². The monoisotopic (exact) mass is 524 g/mol. The molecule has 4 aromatic rings. The summed E-state index contributed by atoms with van der Waals surface area (Å²) in [5.74, 6) is -2.39. The minimum atomic E-state index is -4.38. The molecule has 2 heterocycles. The zero-order valence-electron chi connectivity index (χ0n) is 20.1. The molecule has 1 amide bonds. The van der Waals surface area contributed by atoms with Crippen LogP contribution in [0.4, 0.5) is 10.2 Å². The number of halogens is 1. The smallest absolute Gasteiger partial charge is 0.281 e. The van der Waals surface area contributed by atoms with Crippen LogP contribution < -0.4 is 15.2 Å². The Morgan fingerprint density at radius 1 is 1.03 bits per heavy atom. The highest BCUT2D eigenvalue weighted by atomic mass is 32.2. The van der Waals surface area contributed by atoms with Crippen LogP contribution in [0.2, 0.25) is 0 Å². The van der Waals surface area contributed by atoms with E-state index in [2.05, 4.69) is 9.97 Å². The summed E-state index contributed by atoms with van der Waals surface area (Å²) >= 11 is 0. The maximum atomic E-state index is 14.0. The number of ether oxygens (including phenoxy) is 1. The van der Waals surface area contributed by atoms with Gasteiger partial charge in [0.05, 0.1) is 5.69 Å². The Morgan fingerprint density at radius 3 is 2.38 bits per heavy atom. The molecule has 0 saturated carbocycles. The van der Waals surface area contributed by atoms with Crippen molar-refractivity contribution in [3.05, 3.63) is 88.7 Å². The van der Waals surface area contributed by atoms with Crippen molar-refractivity contribution in [2.24, 2.45) is 0 Å². The number of nitrogens with two attached hydrogens (primary N) is 1. The van der Waals surface area contributed by atoms with Gasteiger partial charge in [0.15, 0.2) is 16.6 Å². The first kappa shape index (κ1) is 25.6. The van der Waals surface area contributed by atoms with Gasteiger partial charge in [-0.25, -0.2) is 19.1 Å². The van der Waals surface area contributed by atoms with Gasteiger partial charge in [0.1, 0.15) is 17.1 Å². The lowest BCUT2D eigenvalue weighted by Gasteiger charge is -2.16. The van der Waals surface area contributed by atoms with E-state index in [1.165, 1.54) is 42.5 Å². The summed E-state index contributed by atoms with van der Waals surface area (Å²) < 4.78 is 47.5. The Kier molecular flexibility index (Phi) is 6.82. The maximum absolute atomic E-state index is 14.0. The van der Waals surface area contributed by atoms with Crippen LogP contribution in [0, 0.1) is 26.6 Å². The van der Waals surface area contributed by atoms with Crippen LogP contribution in [0.25, 0.3) is 11.3 Å². The summed E-state index contributed by atoms with van der Waals surface area (Å²) in [6, 6.07) is 14.3. The Hall–Kier alpha value is -4.51. The van der Waals surface area contributed by atoms with Crippen LogP contribution in [-0.2, 0) is 10.0 Å². The largest absolute Gasteiger partial charge is 0.504 e. The van der Waals surface area contributed by atoms with E-state index >= 15 is 0 Å². The summed E-state index contributed by atoms with van der Waals surface area (Å²) in [5.41, 5.74) is 8.02. The number of rotatable bonds is 6. The van der Waals surface area contributed by atoms with E-state index in [0.717, 1.165) is 22.8 Å². The Balaban J connectivity index is 0.00000400. The van der Waals surface area contributed by atoms with E-state index < -0.39 is 32.5 Å². The van der Waals surface area contributed by atoms with E-state index in [4.69, 9.17) is 10.5 Å². The fraction of sp³-hybridized carbons (Fsp3) is 0.115. The number of pyridine rings is 2. The normalized spacial score (nSPS) is 11.2. The second-order valence-corrected chi connectivity index (χ2v) is 9.98. The second kappa shape index (κ2) is 9.86.